The molecule has 0 aliphatic carbocycles. The molecule has 194 valence electrons. The van der Waals surface area contributed by atoms with E-state index in [9.17, 15) is 9.59 Å². The third-order valence-electron chi connectivity index (χ3n) is 5.96. The lowest BCUT2D eigenvalue weighted by atomic mass is 10.1. The molecular formula is C27H23BrClN5O3S. The van der Waals surface area contributed by atoms with Crippen LogP contribution in [0.3, 0.4) is 0 Å². The monoisotopic (exact) mass is 611 g/mol. The Balaban J connectivity index is 1.09. The van der Waals surface area contributed by atoms with Gasteiger partial charge in [-0.25, -0.2) is 0 Å². The van der Waals surface area contributed by atoms with E-state index in [0.717, 1.165) is 28.8 Å². The van der Waals surface area contributed by atoms with E-state index in [-0.39, 0.29) is 17.6 Å². The summed E-state index contributed by atoms with van der Waals surface area (Å²) in [5, 5.41) is 11.9. The highest BCUT2D eigenvalue weighted by atomic mass is 79.9. The summed E-state index contributed by atoms with van der Waals surface area (Å²) in [5.41, 5.74) is 3.15. The summed E-state index contributed by atoms with van der Waals surface area (Å²) in [7, 11) is 0. The number of carbonyl (C=O) groups excluding carboxylic acids is 2. The number of nitrogens with zero attached hydrogens (tertiary/aromatic N) is 4. The van der Waals surface area contributed by atoms with Gasteiger partial charge in [-0.1, -0.05) is 51.4 Å². The van der Waals surface area contributed by atoms with Crippen LogP contribution in [-0.4, -0.2) is 58.8 Å². The molecule has 2 amide bonds. The number of hydrogen-bond donors (Lipinski definition) is 1. The number of halogens is 2. The second-order valence-corrected chi connectivity index (χ2v) is 10.8. The van der Waals surface area contributed by atoms with Crippen LogP contribution in [0.15, 0.2) is 86.9 Å². The molecule has 0 atom stereocenters. The largest absolute Gasteiger partial charge is 0.411 e. The van der Waals surface area contributed by atoms with Crippen molar-refractivity contribution in [3.63, 3.8) is 0 Å². The summed E-state index contributed by atoms with van der Waals surface area (Å²) in [6.07, 6.45) is 0. The zero-order valence-electron chi connectivity index (χ0n) is 20.1. The lowest BCUT2D eigenvalue weighted by Gasteiger charge is -2.36. The number of nitrogens with one attached hydrogen (secondary N) is 1. The van der Waals surface area contributed by atoms with Gasteiger partial charge in [-0.05, 0) is 60.7 Å². The van der Waals surface area contributed by atoms with E-state index in [1.54, 1.807) is 24.3 Å². The van der Waals surface area contributed by atoms with Gasteiger partial charge in [0.2, 0.25) is 11.8 Å². The van der Waals surface area contributed by atoms with Gasteiger partial charge in [0.1, 0.15) is 0 Å². The molecule has 11 heteroatoms. The van der Waals surface area contributed by atoms with Gasteiger partial charge < -0.3 is 19.5 Å². The molecule has 1 aliphatic rings. The van der Waals surface area contributed by atoms with Crippen LogP contribution < -0.4 is 10.2 Å². The molecule has 0 radical (unpaired) electrons. The Kier molecular flexibility index (Phi) is 8.31. The van der Waals surface area contributed by atoms with Gasteiger partial charge >= 0.3 is 0 Å². The summed E-state index contributed by atoms with van der Waals surface area (Å²) in [6, 6.07) is 22.3. The predicted octanol–water partition coefficient (Wildman–Crippen LogP) is 5.85. The number of benzene rings is 3. The van der Waals surface area contributed by atoms with Crippen LogP contribution in [0.1, 0.15) is 10.4 Å². The van der Waals surface area contributed by atoms with Crippen LogP contribution in [0.4, 0.5) is 11.4 Å². The fourth-order valence-electron chi connectivity index (χ4n) is 4.06. The lowest BCUT2D eigenvalue weighted by molar-refractivity contribution is -0.113. The van der Waals surface area contributed by atoms with E-state index in [2.05, 4.69) is 36.3 Å². The van der Waals surface area contributed by atoms with Crippen LogP contribution in [0.25, 0.3) is 11.5 Å². The second-order valence-electron chi connectivity index (χ2n) is 8.56. The number of thioether (sulfide) groups is 1. The molecule has 1 saturated heterocycles. The number of piperazine rings is 1. The normalized spacial score (nSPS) is 13.4. The van der Waals surface area contributed by atoms with Crippen molar-refractivity contribution in [1.82, 2.24) is 15.1 Å². The first-order valence-electron chi connectivity index (χ1n) is 11.9. The SMILES string of the molecule is O=C(CSc1nnc(-c2cccc(Br)c2)o1)Nc1ccc(N2CCN(C(=O)c3cccc(Cl)c3)CC2)cc1. The van der Waals surface area contributed by atoms with Crippen molar-refractivity contribution < 1.29 is 14.0 Å². The first-order valence-corrected chi connectivity index (χ1v) is 14.0. The Hall–Kier alpha value is -3.34. The molecule has 0 bridgehead atoms. The average molecular weight is 613 g/mol. The van der Waals surface area contributed by atoms with Crippen LogP contribution in [0.5, 0.6) is 0 Å². The van der Waals surface area contributed by atoms with Gasteiger partial charge in [-0.15, -0.1) is 10.2 Å². The maximum absolute atomic E-state index is 12.8. The van der Waals surface area contributed by atoms with Gasteiger partial charge in [-0.3, -0.25) is 9.59 Å². The van der Waals surface area contributed by atoms with Gasteiger partial charge in [0, 0.05) is 58.2 Å². The topological polar surface area (TPSA) is 91.6 Å². The lowest BCUT2D eigenvalue weighted by Crippen LogP contribution is -2.48. The number of rotatable bonds is 7. The molecular weight excluding hydrogens is 590 g/mol. The first kappa shape index (κ1) is 26.3. The van der Waals surface area contributed by atoms with E-state index in [1.165, 1.54) is 11.8 Å². The number of hydrogen-bond acceptors (Lipinski definition) is 7. The number of aromatic nitrogens is 2. The van der Waals surface area contributed by atoms with Crippen LogP contribution in [0.2, 0.25) is 5.02 Å². The van der Waals surface area contributed by atoms with Crippen molar-refractivity contribution in [3.8, 4) is 11.5 Å². The summed E-state index contributed by atoms with van der Waals surface area (Å²) in [5.74, 6) is 0.371. The predicted molar refractivity (Wildman–Crippen MR) is 153 cm³/mol. The molecule has 1 aromatic heterocycles. The zero-order valence-corrected chi connectivity index (χ0v) is 23.3. The molecule has 3 aromatic carbocycles. The Morgan fingerprint density at radius 1 is 0.974 bits per heavy atom. The van der Waals surface area contributed by atoms with Crippen molar-refractivity contribution in [3.05, 3.63) is 87.9 Å². The summed E-state index contributed by atoms with van der Waals surface area (Å²) >= 11 is 10.6. The second kappa shape index (κ2) is 12.0. The third kappa shape index (κ3) is 6.56. The van der Waals surface area contributed by atoms with Crippen LogP contribution in [-0.2, 0) is 4.79 Å². The number of anilines is 2. The standard InChI is InChI=1S/C27H23BrClN5O3S/c28-20-5-1-3-18(15-20)25-31-32-27(37-25)38-17-24(35)30-22-7-9-23(10-8-22)33-11-13-34(14-12-33)26(36)19-4-2-6-21(29)16-19/h1-10,15-16H,11-14,17H2,(H,30,35). The highest BCUT2D eigenvalue weighted by Gasteiger charge is 2.22. The Morgan fingerprint density at radius 2 is 1.74 bits per heavy atom. The Bertz CT molecular complexity index is 1440. The number of amides is 2. The fraction of sp³-hybridized carbons (Fsp3) is 0.185. The van der Waals surface area contributed by atoms with Gasteiger partial charge in [0.25, 0.3) is 11.1 Å². The first-order chi connectivity index (χ1) is 18.4. The highest BCUT2D eigenvalue weighted by Crippen LogP contribution is 2.26. The molecule has 8 nitrogen and oxygen atoms in total. The maximum Gasteiger partial charge on any atom is 0.277 e. The van der Waals surface area contributed by atoms with E-state index < -0.39 is 0 Å². The van der Waals surface area contributed by atoms with Crippen molar-refractivity contribution in [2.75, 3.05) is 42.1 Å². The quantitative estimate of drug-likeness (QED) is 0.262. The van der Waals surface area contributed by atoms with Gasteiger partial charge in [-0.2, -0.15) is 0 Å². The minimum Gasteiger partial charge on any atom is -0.411 e. The van der Waals surface area contributed by atoms with Crippen LogP contribution in [0, 0.1) is 0 Å². The van der Waals surface area contributed by atoms with Crippen molar-refractivity contribution >= 4 is 62.5 Å². The van der Waals surface area contributed by atoms with E-state index >= 15 is 0 Å². The molecule has 0 unspecified atom stereocenters. The summed E-state index contributed by atoms with van der Waals surface area (Å²) in [6.45, 7) is 2.70. The fourth-order valence-corrected chi connectivity index (χ4v) is 5.21. The van der Waals surface area contributed by atoms with E-state index in [0.29, 0.717) is 40.5 Å². The third-order valence-corrected chi connectivity index (χ3v) is 7.51. The molecule has 1 N–H and O–H groups in total. The highest BCUT2D eigenvalue weighted by molar-refractivity contribution is 9.10. The van der Waals surface area contributed by atoms with Gasteiger partial charge in [0.05, 0.1) is 5.75 Å². The molecule has 4 aromatic rings. The van der Waals surface area contributed by atoms with Crippen molar-refractivity contribution in [2.45, 2.75) is 5.22 Å². The van der Waals surface area contributed by atoms with Crippen molar-refractivity contribution in [2.24, 2.45) is 0 Å². The Labute approximate surface area is 237 Å². The minimum absolute atomic E-state index is 0.00651. The average Bonchev–Trinajstić information content (AvgIpc) is 3.41. The number of carbonyl (C=O) groups is 2. The van der Waals surface area contributed by atoms with E-state index in [4.69, 9.17) is 16.0 Å². The molecule has 2 heterocycles. The minimum atomic E-state index is -0.168. The van der Waals surface area contributed by atoms with E-state index in [1.807, 2.05) is 53.4 Å². The van der Waals surface area contributed by atoms with Crippen LogP contribution >= 0.6 is 39.3 Å². The smallest absolute Gasteiger partial charge is 0.277 e. The molecule has 38 heavy (non-hydrogen) atoms. The molecule has 1 fully saturated rings. The molecule has 5 rings (SSSR count). The zero-order chi connectivity index (χ0) is 26.5. The molecule has 0 spiro atoms. The Morgan fingerprint density at radius 3 is 2.47 bits per heavy atom. The summed E-state index contributed by atoms with van der Waals surface area (Å²) < 4.78 is 6.58. The molecule has 0 saturated carbocycles. The summed E-state index contributed by atoms with van der Waals surface area (Å²) in [4.78, 5) is 29.3. The van der Waals surface area contributed by atoms with Gasteiger partial charge in [0.15, 0.2) is 0 Å². The van der Waals surface area contributed by atoms with Crippen molar-refractivity contribution in [1.29, 1.82) is 0 Å². The molecule has 1 aliphatic heterocycles. The maximum atomic E-state index is 12.8.